The van der Waals surface area contributed by atoms with Crippen LogP contribution >= 0.6 is 0 Å². The Balaban J connectivity index is 1.14. The van der Waals surface area contributed by atoms with Gasteiger partial charge in [0.25, 0.3) is 0 Å². The third kappa shape index (κ3) is 8.26. The largest absolute Gasteiger partial charge is 0.394 e. The monoisotopic (exact) mass is 949 g/mol. The Hall–Kier alpha value is -0.760. The van der Waals surface area contributed by atoms with Gasteiger partial charge in [-0.05, 0) is 117 Å². The lowest BCUT2D eigenvalue weighted by atomic mass is 9.34. The summed E-state index contributed by atoms with van der Waals surface area (Å²) in [6.45, 7) is 14.8. The van der Waals surface area contributed by atoms with E-state index >= 15 is 0 Å². The first-order chi connectivity index (χ1) is 30.6. The second-order valence-corrected chi connectivity index (χ2v) is 23.6. The predicted molar refractivity (Wildman–Crippen MR) is 228 cm³/mol. The van der Waals surface area contributed by atoms with E-state index in [0.29, 0.717) is 32.1 Å². The number of aliphatic hydroxyl groups excluding tert-OH is 11. The Labute approximate surface area is 387 Å². The molecule has 4 aliphatic heterocycles. The van der Waals surface area contributed by atoms with Gasteiger partial charge in [0.1, 0.15) is 67.1 Å². The fourth-order valence-electron chi connectivity index (χ4n) is 15.2. The van der Waals surface area contributed by atoms with E-state index in [1.807, 2.05) is 13.8 Å². The molecule has 26 atom stereocenters. The summed E-state index contributed by atoms with van der Waals surface area (Å²) in [6.07, 6.45) is -20.0. The molecule has 4 aliphatic carbocycles. The topological polar surface area (TPSA) is 307 Å². The molecule has 4 heterocycles. The van der Waals surface area contributed by atoms with Crippen molar-refractivity contribution >= 4 is 0 Å². The third-order valence-corrected chi connectivity index (χ3v) is 19.1. The summed E-state index contributed by atoms with van der Waals surface area (Å²) in [5.41, 5.74) is -3.84. The van der Waals surface area contributed by atoms with Gasteiger partial charge < -0.3 is 94.4 Å². The van der Waals surface area contributed by atoms with Crippen molar-refractivity contribution in [3.05, 3.63) is 0 Å². The van der Waals surface area contributed by atoms with Crippen LogP contribution in [0.2, 0.25) is 0 Å². The number of ether oxygens (including phenoxy) is 7. The van der Waals surface area contributed by atoms with Crippen molar-refractivity contribution in [2.45, 2.75) is 228 Å². The number of fused-ring (bicyclic) bond motifs is 5. The predicted octanol–water partition coefficient (Wildman–Crippen LogP) is -1.21. The lowest BCUT2D eigenvalue weighted by Gasteiger charge is -2.72. The van der Waals surface area contributed by atoms with Gasteiger partial charge in [-0.15, -0.1) is 0 Å². The third-order valence-electron chi connectivity index (χ3n) is 19.1. The minimum absolute atomic E-state index is 0.00604. The van der Waals surface area contributed by atoms with E-state index in [0.717, 1.165) is 19.3 Å². The van der Waals surface area contributed by atoms with Gasteiger partial charge in [0.05, 0.1) is 55.4 Å². The molecule has 0 spiro atoms. The van der Waals surface area contributed by atoms with E-state index in [4.69, 9.17) is 33.2 Å². The van der Waals surface area contributed by atoms with Crippen molar-refractivity contribution in [3.8, 4) is 0 Å². The average Bonchev–Trinajstić information content (AvgIpc) is 3.85. The van der Waals surface area contributed by atoms with Gasteiger partial charge in [0.15, 0.2) is 18.9 Å². The van der Waals surface area contributed by atoms with Gasteiger partial charge in [-0.3, -0.25) is 0 Å². The number of aliphatic hydroxyl groups is 12. The highest BCUT2D eigenvalue weighted by Crippen LogP contribution is 2.76. The Morgan fingerprint density at radius 1 is 0.652 bits per heavy atom. The molecule has 0 bridgehead atoms. The molecule has 8 fully saturated rings. The highest BCUT2D eigenvalue weighted by atomic mass is 16.8. The molecule has 8 rings (SSSR count). The smallest absolute Gasteiger partial charge is 0.187 e. The molecule has 0 radical (unpaired) electrons. The van der Waals surface area contributed by atoms with Gasteiger partial charge >= 0.3 is 0 Å². The van der Waals surface area contributed by atoms with Crippen LogP contribution in [0.5, 0.6) is 0 Å². The van der Waals surface area contributed by atoms with Gasteiger partial charge in [-0.25, -0.2) is 0 Å². The molecule has 2 unspecified atom stereocenters. The number of hydrogen-bond acceptors (Lipinski definition) is 19. The molecule has 0 aromatic carbocycles. The zero-order chi connectivity index (χ0) is 48.4. The maximum Gasteiger partial charge on any atom is 0.187 e. The summed E-state index contributed by atoms with van der Waals surface area (Å²) in [6, 6.07) is 0. The van der Waals surface area contributed by atoms with E-state index in [9.17, 15) is 61.3 Å². The SMILES string of the molecule is CC(C)(O)[C@@H]1CC[C@@](C)([C@H]2CC[C@]3(C)C2[C@H](O)C[C@@H]2[C@@]4(C)CC[C@H](O)C(C)(C)C4[C@@H](O[C@@H]4O[C@H](CO[C@H]5O[C@H](CO)[C@@H](O)[C@H](O)[C@H]5O)[C@@H](O)[C@H](O)[C@H]4O[C@@H]4OC[C@@H](O)[C@H](O)[C@H]4O)C[C@]23C)O1. The summed E-state index contributed by atoms with van der Waals surface area (Å²) in [5, 5.41) is 132. The molecule has 0 aromatic rings. The zero-order valence-corrected chi connectivity index (χ0v) is 39.7. The van der Waals surface area contributed by atoms with E-state index in [1.165, 1.54) is 0 Å². The second kappa shape index (κ2) is 18.1. The average molecular weight is 949 g/mol. The Morgan fingerprint density at radius 2 is 1.30 bits per heavy atom. The quantitative estimate of drug-likeness (QED) is 0.114. The highest BCUT2D eigenvalue weighted by Gasteiger charge is 2.74. The fraction of sp³-hybridized carbons (Fsp3) is 1.00. The molecule has 12 N–H and O–H groups in total. The van der Waals surface area contributed by atoms with Crippen molar-refractivity contribution in [1.29, 1.82) is 0 Å². The van der Waals surface area contributed by atoms with Crippen LogP contribution in [-0.4, -0.2) is 203 Å². The molecule has 4 saturated heterocycles. The van der Waals surface area contributed by atoms with Gasteiger partial charge in [-0.1, -0.05) is 34.6 Å². The van der Waals surface area contributed by atoms with Crippen LogP contribution in [0.1, 0.15) is 107 Å². The molecule has 19 nitrogen and oxygen atoms in total. The summed E-state index contributed by atoms with van der Waals surface area (Å²) in [5.74, 6) is -0.566. The number of hydrogen-bond donors (Lipinski definition) is 12. The molecule has 4 saturated carbocycles. The van der Waals surface area contributed by atoms with E-state index in [-0.39, 0.29) is 29.8 Å². The Bertz CT molecular complexity index is 1700. The number of rotatable bonds is 10. The molecule has 382 valence electrons. The van der Waals surface area contributed by atoms with Crippen molar-refractivity contribution in [2.24, 2.45) is 45.3 Å². The lowest BCUT2D eigenvalue weighted by Crippen LogP contribution is -2.71. The zero-order valence-electron chi connectivity index (χ0n) is 39.7. The summed E-state index contributed by atoms with van der Waals surface area (Å²) < 4.78 is 43.6. The maximum atomic E-state index is 12.5. The molecular formula is C47H80O19. The first-order valence-corrected chi connectivity index (χ1v) is 24.3. The molecule has 8 aliphatic rings. The van der Waals surface area contributed by atoms with Crippen molar-refractivity contribution in [1.82, 2.24) is 0 Å². The van der Waals surface area contributed by atoms with E-state index in [2.05, 4.69) is 27.7 Å². The normalized spacial score (nSPS) is 56.4. The van der Waals surface area contributed by atoms with Crippen molar-refractivity contribution in [2.75, 3.05) is 19.8 Å². The highest BCUT2D eigenvalue weighted by molar-refractivity contribution is 5.22. The molecule has 66 heavy (non-hydrogen) atoms. The first kappa shape index (κ1) is 51.6. The van der Waals surface area contributed by atoms with Gasteiger partial charge in [-0.2, -0.15) is 0 Å². The Morgan fingerprint density at radius 3 is 1.95 bits per heavy atom. The second-order valence-electron chi connectivity index (χ2n) is 23.6. The molecule has 19 heteroatoms. The fourth-order valence-corrected chi connectivity index (χ4v) is 15.2. The summed E-state index contributed by atoms with van der Waals surface area (Å²) >= 11 is 0. The maximum absolute atomic E-state index is 12.5. The summed E-state index contributed by atoms with van der Waals surface area (Å²) in [4.78, 5) is 0. The minimum Gasteiger partial charge on any atom is -0.394 e. The minimum atomic E-state index is -1.82. The van der Waals surface area contributed by atoms with Crippen molar-refractivity contribution in [3.63, 3.8) is 0 Å². The van der Waals surface area contributed by atoms with Crippen LogP contribution in [0.15, 0.2) is 0 Å². The molecule has 0 aromatic heterocycles. The van der Waals surface area contributed by atoms with Crippen LogP contribution < -0.4 is 0 Å². The van der Waals surface area contributed by atoms with Crippen LogP contribution in [0, 0.1) is 45.3 Å². The van der Waals surface area contributed by atoms with E-state index < -0.39 is 157 Å². The standard InChI is InChI=1S/C47H80O19/c1-42(2)27(51)10-12-44(5)26-15-21(49)29-20(47(8)14-11-28(66-47)43(3,4)59)9-13-45(29,6)46(26,7)16-23(38(42)44)62-41-37(65-40-35(57)30(52)22(50)18-60-40)34(56)32(54)25(64-41)19-61-39-36(58)33(55)31(53)24(17-48)63-39/h20-41,48-59H,9-19H2,1-8H3/t20-,21+,22+,23-,24+,25+,26+,27-,28-,29?,30-,31+,32+,33-,34-,35+,36+,37+,38?,39-,40-,41+,44+,45+,46+,47-/m0/s1. The Kier molecular flexibility index (Phi) is 14.1. The van der Waals surface area contributed by atoms with E-state index in [1.54, 1.807) is 13.8 Å². The van der Waals surface area contributed by atoms with Gasteiger partial charge in [0.2, 0.25) is 0 Å². The van der Waals surface area contributed by atoms with Gasteiger partial charge in [0, 0.05) is 0 Å². The van der Waals surface area contributed by atoms with Crippen molar-refractivity contribution < 1.29 is 94.4 Å². The summed E-state index contributed by atoms with van der Waals surface area (Å²) in [7, 11) is 0. The first-order valence-electron chi connectivity index (χ1n) is 24.3. The van der Waals surface area contributed by atoms with Crippen LogP contribution in [0.25, 0.3) is 0 Å². The molecule has 0 amide bonds. The molecular weight excluding hydrogens is 868 g/mol. The van der Waals surface area contributed by atoms with Crippen LogP contribution in [0.4, 0.5) is 0 Å². The van der Waals surface area contributed by atoms with Crippen LogP contribution in [0.3, 0.4) is 0 Å². The lowest BCUT2D eigenvalue weighted by molar-refractivity contribution is -0.381. The van der Waals surface area contributed by atoms with Crippen LogP contribution in [-0.2, 0) is 33.2 Å².